The minimum atomic E-state index is -0.523. The Morgan fingerprint density at radius 3 is 2.71 bits per heavy atom. The zero-order chi connectivity index (χ0) is 26.3. The number of aryl methyl sites for hydroxylation is 2. The normalized spacial score (nSPS) is 14.9. The van der Waals surface area contributed by atoms with Gasteiger partial charge in [-0.25, -0.2) is 9.78 Å². The average molecular weight is 514 g/mol. The second-order valence-electron chi connectivity index (χ2n) is 9.32. The lowest BCUT2D eigenvalue weighted by atomic mass is 10.1. The van der Waals surface area contributed by atoms with E-state index in [1.807, 2.05) is 41.0 Å². The van der Waals surface area contributed by atoms with Gasteiger partial charge in [-0.3, -0.25) is 9.78 Å². The van der Waals surface area contributed by atoms with Crippen molar-refractivity contribution in [3.8, 4) is 0 Å². The summed E-state index contributed by atoms with van der Waals surface area (Å²) in [6.07, 6.45) is 7.54. The van der Waals surface area contributed by atoms with Gasteiger partial charge in [0, 0.05) is 37.5 Å². The van der Waals surface area contributed by atoms with E-state index < -0.39 is 5.97 Å². The van der Waals surface area contributed by atoms with Crippen LogP contribution in [-0.4, -0.2) is 46.7 Å². The van der Waals surface area contributed by atoms with Crippen molar-refractivity contribution < 1.29 is 19.1 Å². The topological polar surface area (TPSA) is 107 Å². The van der Waals surface area contributed by atoms with Gasteiger partial charge in [-0.1, -0.05) is 36.4 Å². The molecule has 0 unspecified atom stereocenters. The first kappa shape index (κ1) is 25.4. The summed E-state index contributed by atoms with van der Waals surface area (Å²) in [7, 11) is 1.35. The minimum Gasteiger partial charge on any atom is -0.464 e. The lowest BCUT2D eigenvalue weighted by molar-refractivity contribution is -0.119. The Morgan fingerprint density at radius 2 is 1.97 bits per heavy atom. The maximum atomic E-state index is 13.1. The molecule has 3 aromatic heterocycles. The fourth-order valence-electron chi connectivity index (χ4n) is 4.73. The number of fused-ring (bicyclic) bond motifs is 1. The number of nitrogens with zero attached hydrogens (tertiary/aromatic N) is 3. The van der Waals surface area contributed by atoms with Crippen molar-refractivity contribution in [3.05, 3.63) is 83.9 Å². The molecule has 0 radical (unpaired) electrons. The molecule has 1 amide bonds. The van der Waals surface area contributed by atoms with E-state index in [-0.39, 0.29) is 11.8 Å². The summed E-state index contributed by atoms with van der Waals surface area (Å²) in [5, 5.41) is 7.06. The van der Waals surface area contributed by atoms with Crippen LogP contribution in [-0.2, 0) is 33.8 Å². The minimum absolute atomic E-state index is 0.176. The number of carbonyl (C=O) groups excluding carboxylic acids is 2. The summed E-state index contributed by atoms with van der Waals surface area (Å²) < 4.78 is 12.4. The van der Waals surface area contributed by atoms with Gasteiger partial charge in [0.1, 0.15) is 5.65 Å². The number of anilines is 2. The van der Waals surface area contributed by atoms with Gasteiger partial charge in [-0.15, -0.1) is 0 Å². The van der Waals surface area contributed by atoms with Gasteiger partial charge in [-0.2, -0.15) is 0 Å². The third-order valence-electron chi connectivity index (χ3n) is 6.74. The molecule has 2 N–H and O–H groups in total. The quantitative estimate of drug-likeness (QED) is 0.302. The zero-order valence-electron chi connectivity index (χ0n) is 21.4. The molecule has 38 heavy (non-hydrogen) atoms. The van der Waals surface area contributed by atoms with Crippen molar-refractivity contribution in [1.29, 1.82) is 0 Å². The van der Waals surface area contributed by atoms with Gasteiger partial charge in [0.15, 0.2) is 5.69 Å². The van der Waals surface area contributed by atoms with Crippen molar-refractivity contribution >= 4 is 34.3 Å². The SMILES string of the molecule is COC(=O)c1c(NC(=O)[C@@H]2CCOC2)c2cc(NCc3cccnc3)cnc2n1CCCc1ccccc1. The molecule has 1 aromatic carbocycles. The highest BCUT2D eigenvalue weighted by Gasteiger charge is 2.29. The number of pyridine rings is 2. The number of hydrogen-bond acceptors (Lipinski definition) is 7. The van der Waals surface area contributed by atoms with Crippen LogP contribution in [0.2, 0.25) is 0 Å². The van der Waals surface area contributed by atoms with Crippen molar-refractivity contribution in [2.24, 2.45) is 5.92 Å². The molecule has 1 fully saturated rings. The van der Waals surface area contributed by atoms with Crippen LogP contribution < -0.4 is 10.6 Å². The molecule has 1 saturated heterocycles. The van der Waals surface area contributed by atoms with Gasteiger partial charge in [-0.05, 0) is 42.5 Å². The van der Waals surface area contributed by atoms with Crippen LogP contribution in [0, 0.1) is 5.92 Å². The zero-order valence-corrected chi connectivity index (χ0v) is 21.4. The number of methoxy groups -OCH3 is 1. The molecule has 1 aliphatic heterocycles. The summed E-state index contributed by atoms with van der Waals surface area (Å²) in [4.78, 5) is 35.1. The van der Waals surface area contributed by atoms with Crippen LogP contribution in [0.1, 0.15) is 34.5 Å². The number of rotatable bonds is 10. The van der Waals surface area contributed by atoms with Gasteiger partial charge >= 0.3 is 5.97 Å². The maximum Gasteiger partial charge on any atom is 0.356 e. The monoisotopic (exact) mass is 513 g/mol. The molecular weight excluding hydrogens is 482 g/mol. The number of carbonyl (C=O) groups is 2. The molecule has 9 nitrogen and oxygen atoms in total. The molecule has 5 rings (SSSR count). The lowest BCUT2D eigenvalue weighted by Gasteiger charge is -2.12. The standard InChI is InChI=1S/C29H31N5O4/c1-37-29(36)26-25(33-28(35)22-11-14-38-19-22)24-15-23(31-17-21-9-5-12-30-16-21)18-32-27(24)34(26)13-6-10-20-7-3-2-4-8-20/h2-5,7-9,12,15-16,18,22,31H,6,10-11,13-14,17,19H2,1H3,(H,33,35)/t22-/m1/s1. The van der Waals surface area contributed by atoms with Crippen molar-refractivity contribution in [2.45, 2.75) is 32.4 Å². The van der Waals surface area contributed by atoms with Gasteiger partial charge in [0.25, 0.3) is 0 Å². The number of ether oxygens (including phenoxy) is 2. The third kappa shape index (κ3) is 5.68. The Labute approximate surface area is 221 Å². The summed E-state index contributed by atoms with van der Waals surface area (Å²) in [5.74, 6) is -0.966. The van der Waals surface area contributed by atoms with Crippen molar-refractivity contribution in [1.82, 2.24) is 14.5 Å². The highest BCUT2D eigenvalue weighted by molar-refractivity contribution is 6.11. The lowest BCUT2D eigenvalue weighted by Crippen LogP contribution is -2.24. The predicted octanol–water partition coefficient (Wildman–Crippen LogP) is 4.44. The molecule has 9 heteroatoms. The first-order valence-corrected chi connectivity index (χ1v) is 12.8. The fourth-order valence-corrected chi connectivity index (χ4v) is 4.73. The average Bonchev–Trinajstić information content (AvgIpc) is 3.60. The van der Waals surface area contributed by atoms with Crippen LogP contribution in [0.15, 0.2) is 67.1 Å². The van der Waals surface area contributed by atoms with Gasteiger partial charge in [0.2, 0.25) is 5.91 Å². The molecule has 0 saturated carbocycles. The van der Waals surface area contributed by atoms with E-state index in [0.717, 1.165) is 24.1 Å². The predicted molar refractivity (Wildman–Crippen MR) is 145 cm³/mol. The van der Waals surface area contributed by atoms with Crippen LogP contribution in [0.5, 0.6) is 0 Å². The smallest absolute Gasteiger partial charge is 0.356 e. The Morgan fingerprint density at radius 1 is 1.13 bits per heavy atom. The number of hydrogen-bond donors (Lipinski definition) is 2. The highest BCUT2D eigenvalue weighted by Crippen LogP contribution is 2.34. The summed E-state index contributed by atoms with van der Waals surface area (Å²) in [6, 6.07) is 16.0. The summed E-state index contributed by atoms with van der Waals surface area (Å²) in [5.41, 5.74) is 4.33. The van der Waals surface area contributed by atoms with E-state index in [1.165, 1.54) is 12.7 Å². The number of aromatic nitrogens is 3. The fraction of sp³-hybridized carbons (Fsp3) is 0.310. The van der Waals surface area contributed by atoms with Crippen LogP contribution in [0.3, 0.4) is 0 Å². The summed E-state index contributed by atoms with van der Waals surface area (Å²) in [6.45, 7) is 2.01. The molecule has 4 aromatic rings. The first-order chi connectivity index (χ1) is 18.6. The Balaban J connectivity index is 1.50. The number of amides is 1. The number of nitrogens with one attached hydrogen (secondary N) is 2. The highest BCUT2D eigenvalue weighted by atomic mass is 16.5. The van der Waals surface area contributed by atoms with E-state index >= 15 is 0 Å². The summed E-state index contributed by atoms with van der Waals surface area (Å²) >= 11 is 0. The maximum absolute atomic E-state index is 13.1. The van der Waals surface area contributed by atoms with Crippen molar-refractivity contribution in [3.63, 3.8) is 0 Å². The second-order valence-corrected chi connectivity index (χ2v) is 9.32. The van der Waals surface area contributed by atoms with E-state index in [0.29, 0.717) is 55.1 Å². The van der Waals surface area contributed by atoms with Gasteiger partial charge in [0.05, 0.1) is 37.2 Å². The first-order valence-electron chi connectivity index (χ1n) is 12.8. The molecule has 0 bridgehead atoms. The Kier molecular flexibility index (Phi) is 7.94. The third-order valence-corrected chi connectivity index (χ3v) is 6.74. The molecular formula is C29H31N5O4. The van der Waals surface area contributed by atoms with E-state index in [1.54, 1.807) is 18.6 Å². The Hall–Kier alpha value is -4.24. The van der Waals surface area contributed by atoms with Crippen LogP contribution in [0.4, 0.5) is 11.4 Å². The molecule has 1 atom stereocenters. The van der Waals surface area contributed by atoms with Gasteiger partial charge < -0.3 is 24.7 Å². The second kappa shape index (κ2) is 11.9. The molecule has 4 heterocycles. The molecule has 196 valence electrons. The van der Waals surface area contributed by atoms with E-state index in [9.17, 15) is 9.59 Å². The van der Waals surface area contributed by atoms with Crippen molar-refractivity contribution in [2.75, 3.05) is 31.0 Å². The Bertz CT molecular complexity index is 1400. The molecule has 0 aliphatic carbocycles. The van der Waals surface area contributed by atoms with Crippen LogP contribution in [0.25, 0.3) is 11.0 Å². The largest absolute Gasteiger partial charge is 0.464 e. The molecule has 1 aliphatic rings. The number of esters is 1. The van der Waals surface area contributed by atoms with E-state index in [4.69, 9.17) is 14.5 Å². The molecule has 0 spiro atoms. The van der Waals surface area contributed by atoms with E-state index in [2.05, 4.69) is 27.8 Å². The number of benzene rings is 1. The van der Waals surface area contributed by atoms with Crippen LogP contribution >= 0.6 is 0 Å².